The summed E-state index contributed by atoms with van der Waals surface area (Å²) in [6.45, 7) is 5.80. The highest BCUT2D eigenvalue weighted by molar-refractivity contribution is 5.95. The monoisotopic (exact) mass is 510 g/mol. The Morgan fingerprint density at radius 2 is 1.66 bits per heavy atom. The van der Waals surface area contributed by atoms with Crippen LogP contribution in [0.4, 0.5) is 5.69 Å². The van der Waals surface area contributed by atoms with Gasteiger partial charge in [0.15, 0.2) is 18.1 Å². The Balaban J connectivity index is 1.36. The maximum absolute atomic E-state index is 12.7. The molecule has 2 N–H and O–H groups in total. The first-order chi connectivity index (χ1) is 18.4. The van der Waals surface area contributed by atoms with E-state index in [0.29, 0.717) is 22.6 Å². The highest BCUT2D eigenvalue weighted by Crippen LogP contribution is 2.27. The van der Waals surface area contributed by atoms with Crippen LogP contribution in [0.25, 0.3) is 5.69 Å². The summed E-state index contributed by atoms with van der Waals surface area (Å²) >= 11 is 0. The standard InChI is InChI=1S/C30H30N4O4/c1-20-8-5-6-11-26(20)32-29(35)19-38-27-15-14-23(16-28(27)37-4)18-31-33-30(36)24-9-7-10-25(17-24)34-21(2)12-13-22(34)3/h5-18H,19H2,1-4H3,(H,32,35)(H,33,36)/b31-18-. The van der Waals surface area contributed by atoms with Crippen molar-refractivity contribution >= 4 is 23.7 Å². The zero-order chi connectivity index (χ0) is 27.1. The van der Waals surface area contributed by atoms with Gasteiger partial charge in [0.2, 0.25) is 0 Å². The van der Waals surface area contributed by atoms with Gasteiger partial charge in [0.1, 0.15) is 0 Å². The molecule has 0 bridgehead atoms. The second-order valence-electron chi connectivity index (χ2n) is 8.76. The van der Waals surface area contributed by atoms with Crippen molar-refractivity contribution < 1.29 is 19.1 Å². The molecule has 0 spiro atoms. The molecule has 0 aliphatic rings. The van der Waals surface area contributed by atoms with E-state index in [1.807, 2.05) is 75.4 Å². The summed E-state index contributed by atoms with van der Waals surface area (Å²) in [5.41, 5.74) is 8.54. The Bertz CT molecular complexity index is 1470. The largest absolute Gasteiger partial charge is 0.493 e. The van der Waals surface area contributed by atoms with Crippen LogP contribution in [0.15, 0.2) is 84.0 Å². The lowest BCUT2D eigenvalue weighted by molar-refractivity contribution is -0.118. The summed E-state index contributed by atoms with van der Waals surface area (Å²) in [4.78, 5) is 25.0. The highest BCUT2D eigenvalue weighted by atomic mass is 16.5. The fourth-order valence-corrected chi connectivity index (χ4v) is 4.02. The summed E-state index contributed by atoms with van der Waals surface area (Å²) in [6, 6.07) is 24.1. The van der Waals surface area contributed by atoms with Gasteiger partial charge in [-0.2, -0.15) is 5.10 Å². The van der Waals surface area contributed by atoms with Gasteiger partial charge in [-0.1, -0.05) is 24.3 Å². The van der Waals surface area contributed by atoms with Gasteiger partial charge in [0.25, 0.3) is 11.8 Å². The molecule has 1 heterocycles. The second-order valence-corrected chi connectivity index (χ2v) is 8.76. The maximum atomic E-state index is 12.7. The molecule has 0 fully saturated rings. The lowest BCUT2D eigenvalue weighted by Gasteiger charge is -2.12. The number of carbonyl (C=O) groups is 2. The van der Waals surface area contributed by atoms with E-state index < -0.39 is 0 Å². The molecule has 0 aliphatic heterocycles. The Labute approximate surface area is 221 Å². The zero-order valence-electron chi connectivity index (χ0n) is 21.8. The molecule has 0 unspecified atom stereocenters. The molecular formula is C30H30N4O4. The van der Waals surface area contributed by atoms with E-state index in [9.17, 15) is 9.59 Å². The van der Waals surface area contributed by atoms with Crippen molar-refractivity contribution in [2.45, 2.75) is 20.8 Å². The number of nitrogens with zero attached hydrogens (tertiary/aromatic N) is 2. The molecule has 4 rings (SSSR count). The molecule has 0 radical (unpaired) electrons. The third-order valence-electron chi connectivity index (χ3n) is 5.98. The van der Waals surface area contributed by atoms with Crippen LogP contribution in [0.5, 0.6) is 11.5 Å². The number of anilines is 1. The Morgan fingerprint density at radius 1 is 0.895 bits per heavy atom. The summed E-state index contributed by atoms with van der Waals surface area (Å²) in [5.74, 6) is 0.258. The van der Waals surface area contributed by atoms with Crippen LogP contribution in [-0.2, 0) is 4.79 Å². The van der Waals surface area contributed by atoms with Crippen molar-refractivity contribution in [1.29, 1.82) is 0 Å². The normalized spacial score (nSPS) is 10.8. The molecule has 2 amide bonds. The van der Waals surface area contributed by atoms with Gasteiger partial charge in [-0.3, -0.25) is 9.59 Å². The summed E-state index contributed by atoms with van der Waals surface area (Å²) < 4.78 is 13.2. The summed E-state index contributed by atoms with van der Waals surface area (Å²) in [6.07, 6.45) is 1.51. The van der Waals surface area contributed by atoms with Crippen molar-refractivity contribution in [2.75, 3.05) is 19.0 Å². The predicted octanol–water partition coefficient (Wildman–Crippen LogP) is 5.19. The van der Waals surface area contributed by atoms with Crippen LogP contribution in [-0.4, -0.2) is 36.3 Å². The first-order valence-electron chi connectivity index (χ1n) is 12.1. The molecule has 38 heavy (non-hydrogen) atoms. The van der Waals surface area contributed by atoms with Crippen molar-refractivity contribution in [2.24, 2.45) is 5.10 Å². The van der Waals surface area contributed by atoms with E-state index in [1.54, 1.807) is 24.3 Å². The maximum Gasteiger partial charge on any atom is 0.271 e. The molecule has 0 aliphatic carbocycles. The number of benzene rings is 3. The van der Waals surface area contributed by atoms with Gasteiger partial charge < -0.3 is 19.4 Å². The smallest absolute Gasteiger partial charge is 0.271 e. The van der Waals surface area contributed by atoms with E-state index >= 15 is 0 Å². The second kappa shape index (κ2) is 11.9. The van der Waals surface area contributed by atoms with Crippen molar-refractivity contribution in [3.63, 3.8) is 0 Å². The minimum atomic E-state index is -0.322. The Morgan fingerprint density at radius 3 is 2.39 bits per heavy atom. The number of methoxy groups -OCH3 is 1. The lowest BCUT2D eigenvalue weighted by Crippen LogP contribution is -2.20. The first-order valence-corrected chi connectivity index (χ1v) is 12.1. The molecule has 8 heteroatoms. The van der Waals surface area contributed by atoms with Crippen LogP contribution < -0.4 is 20.2 Å². The van der Waals surface area contributed by atoms with Crippen LogP contribution in [0.1, 0.15) is 32.9 Å². The predicted molar refractivity (Wildman–Crippen MR) is 149 cm³/mol. The van der Waals surface area contributed by atoms with Crippen molar-refractivity contribution in [1.82, 2.24) is 9.99 Å². The topological polar surface area (TPSA) is 93.9 Å². The van der Waals surface area contributed by atoms with E-state index in [4.69, 9.17) is 9.47 Å². The van der Waals surface area contributed by atoms with Gasteiger partial charge in [0.05, 0.1) is 13.3 Å². The highest BCUT2D eigenvalue weighted by Gasteiger charge is 2.11. The Hall–Kier alpha value is -4.85. The molecule has 0 saturated carbocycles. The fourth-order valence-electron chi connectivity index (χ4n) is 4.02. The van der Waals surface area contributed by atoms with E-state index in [-0.39, 0.29) is 18.4 Å². The third kappa shape index (κ3) is 6.28. The molecule has 0 atom stereocenters. The zero-order valence-corrected chi connectivity index (χ0v) is 21.8. The SMILES string of the molecule is COc1cc(/C=N\NC(=O)c2cccc(-n3c(C)ccc3C)c2)ccc1OCC(=O)Nc1ccccc1C. The fraction of sp³-hybridized carbons (Fsp3) is 0.167. The van der Waals surface area contributed by atoms with E-state index in [1.165, 1.54) is 13.3 Å². The number of nitrogens with one attached hydrogen (secondary N) is 2. The van der Waals surface area contributed by atoms with Gasteiger partial charge in [0, 0.05) is 28.3 Å². The van der Waals surface area contributed by atoms with E-state index in [0.717, 1.165) is 28.3 Å². The molecule has 194 valence electrons. The first kappa shape index (κ1) is 26.2. The third-order valence-corrected chi connectivity index (χ3v) is 5.98. The molecule has 4 aromatic rings. The van der Waals surface area contributed by atoms with Gasteiger partial charge >= 0.3 is 0 Å². The van der Waals surface area contributed by atoms with Crippen LogP contribution in [0, 0.1) is 20.8 Å². The number of ether oxygens (including phenoxy) is 2. The number of hydrogen-bond acceptors (Lipinski definition) is 5. The number of carbonyl (C=O) groups excluding carboxylic acids is 2. The number of hydrogen-bond donors (Lipinski definition) is 2. The quantitative estimate of drug-likeness (QED) is 0.239. The summed E-state index contributed by atoms with van der Waals surface area (Å²) in [7, 11) is 1.51. The average molecular weight is 511 g/mol. The number of aryl methyl sites for hydroxylation is 3. The minimum Gasteiger partial charge on any atom is -0.493 e. The number of aromatic nitrogens is 1. The molecule has 8 nitrogen and oxygen atoms in total. The van der Waals surface area contributed by atoms with Crippen LogP contribution in [0.3, 0.4) is 0 Å². The van der Waals surface area contributed by atoms with E-state index in [2.05, 4.69) is 20.4 Å². The minimum absolute atomic E-state index is 0.171. The summed E-state index contributed by atoms with van der Waals surface area (Å²) in [5, 5.41) is 6.92. The van der Waals surface area contributed by atoms with Crippen LogP contribution in [0.2, 0.25) is 0 Å². The van der Waals surface area contributed by atoms with Gasteiger partial charge in [-0.05, 0) is 86.5 Å². The Kier molecular flexibility index (Phi) is 8.23. The molecular weight excluding hydrogens is 480 g/mol. The van der Waals surface area contributed by atoms with Crippen LogP contribution >= 0.6 is 0 Å². The molecule has 3 aromatic carbocycles. The number of hydrazone groups is 1. The van der Waals surface area contributed by atoms with Gasteiger partial charge in [-0.25, -0.2) is 5.43 Å². The molecule has 0 saturated heterocycles. The van der Waals surface area contributed by atoms with Crippen molar-refractivity contribution in [3.8, 4) is 17.2 Å². The van der Waals surface area contributed by atoms with Crippen molar-refractivity contribution in [3.05, 3.63) is 107 Å². The lowest BCUT2D eigenvalue weighted by atomic mass is 10.2. The number of amides is 2. The van der Waals surface area contributed by atoms with Gasteiger partial charge in [-0.15, -0.1) is 0 Å². The molecule has 1 aromatic heterocycles. The number of para-hydroxylation sites is 1. The average Bonchev–Trinajstić information content (AvgIpc) is 3.26. The number of rotatable bonds is 9.